The molecule has 0 aliphatic carbocycles. The van der Waals surface area contributed by atoms with Gasteiger partial charge in [-0.25, -0.2) is 4.79 Å². The first-order chi connectivity index (χ1) is 6.52. The summed E-state index contributed by atoms with van der Waals surface area (Å²) in [6.45, 7) is 1.29. The molecule has 6 heteroatoms. The molecule has 0 fully saturated rings. The van der Waals surface area contributed by atoms with Gasteiger partial charge in [-0.1, -0.05) is 0 Å². The lowest BCUT2D eigenvalue weighted by atomic mass is 10.1. The first kappa shape index (κ1) is 11.2. The monoisotopic (exact) mass is 277 g/mol. The number of carboxylic acids is 1. The second-order valence-electron chi connectivity index (χ2n) is 2.65. The normalized spacial score (nSPS) is 12.1. The molecule has 1 aromatic heterocycles. The molecule has 1 heterocycles. The number of hydrogen-bond acceptors (Lipinski definition) is 3. The van der Waals surface area contributed by atoms with Gasteiger partial charge in [0.2, 0.25) is 5.91 Å². The van der Waals surface area contributed by atoms with Crippen LogP contribution in [0.1, 0.15) is 18.5 Å². The number of carbonyl (C=O) groups excluding carboxylic acids is 1. The predicted molar refractivity (Wildman–Crippen MR) is 56.2 cm³/mol. The number of halogens is 1. The minimum atomic E-state index is -1.07. The molecule has 0 saturated heterocycles. The molecule has 1 unspecified atom stereocenters. The van der Waals surface area contributed by atoms with Gasteiger partial charge in [-0.15, -0.1) is 0 Å². The minimum absolute atomic E-state index is 0.365. The zero-order chi connectivity index (χ0) is 10.7. The summed E-state index contributed by atoms with van der Waals surface area (Å²) in [5.41, 5.74) is 0.567. The molecule has 0 saturated carbocycles. The van der Waals surface area contributed by atoms with Gasteiger partial charge in [-0.2, -0.15) is 11.3 Å². The largest absolute Gasteiger partial charge is 0.479 e. The van der Waals surface area contributed by atoms with E-state index in [4.69, 9.17) is 5.11 Å². The second-order valence-corrected chi connectivity index (χ2v) is 4.24. The molecule has 0 aliphatic heterocycles. The van der Waals surface area contributed by atoms with Crippen molar-refractivity contribution in [1.82, 2.24) is 5.32 Å². The van der Waals surface area contributed by atoms with Gasteiger partial charge in [0.25, 0.3) is 0 Å². The minimum Gasteiger partial charge on any atom is -0.479 e. The van der Waals surface area contributed by atoms with Gasteiger partial charge >= 0.3 is 5.97 Å². The van der Waals surface area contributed by atoms with E-state index in [0.29, 0.717) is 10.0 Å². The summed E-state index contributed by atoms with van der Waals surface area (Å²) in [4.78, 5) is 21.6. The van der Waals surface area contributed by atoms with Crippen molar-refractivity contribution in [1.29, 1.82) is 0 Å². The van der Waals surface area contributed by atoms with Crippen LogP contribution in [0.2, 0.25) is 0 Å². The molecule has 0 spiro atoms. The van der Waals surface area contributed by atoms with Crippen molar-refractivity contribution in [2.75, 3.05) is 0 Å². The summed E-state index contributed by atoms with van der Waals surface area (Å²) >= 11 is 4.60. The van der Waals surface area contributed by atoms with E-state index in [0.717, 1.165) is 0 Å². The zero-order valence-electron chi connectivity index (χ0n) is 7.28. The average Bonchev–Trinajstić information content (AvgIpc) is 2.46. The van der Waals surface area contributed by atoms with E-state index in [1.165, 1.54) is 18.3 Å². The summed E-state index contributed by atoms with van der Waals surface area (Å²) < 4.78 is 0.698. The lowest BCUT2D eigenvalue weighted by molar-refractivity contribution is -0.141. The molecule has 1 rings (SSSR count). The van der Waals surface area contributed by atoms with Gasteiger partial charge in [0.15, 0.2) is 6.04 Å². The van der Waals surface area contributed by atoms with Gasteiger partial charge < -0.3 is 10.4 Å². The Morgan fingerprint density at radius 1 is 1.57 bits per heavy atom. The van der Waals surface area contributed by atoms with Crippen LogP contribution in [0.4, 0.5) is 0 Å². The highest BCUT2D eigenvalue weighted by Gasteiger charge is 2.23. The van der Waals surface area contributed by atoms with E-state index < -0.39 is 12.0 Å². The zero-order valence-corrected chi connectivity index (χ0v) is 9.68. The van der Waals surface area contributed by atoms with Crippen LogP contribution in [0.25, 0.3) is 0 Å². The third kappa shape index (κ3) is 2.55. The molecular weight excluding hydrogens is 270 g/mol. The predicted octanol–water partition coefficient (Wildman–Crippen LogP) is 1.77. The van der Waals surface area contributed by atoms with E-state index in [9.17, 15) is 9.59 Å². The lowest BCUT2D eigenvalue weighted by Gasteiger charge is -2.12. The van der Waals surface area contributed by atoms with Crippen LogP contribution in [-0.4, -0.2) is 17.0 Å². The molecule has 1 amide bonds. The van der Waals surface area contributed by atoms with E-state index >= 15 is 0 Å². The molecule has 4 nitrogen and oxygen atoms in total. The van der Waals surface area contributed by atoms with Crippen molar-refractivity contribution in [3.8, 4) is 0 Å². The molecule has 2 N–H and O–H groups in total. The molecular formula is C8H8BrNO3S. The topological polar surface area (TPSA) is 66.4 Å². The number of aliphatic carboxylic acids is 1. The Balaban J connectivity index is 2.94. The maximum absolute atomic E-state index is 10.9. The maximum atomic E-state index is 10.9. The van der Waals surface area contributed by atoms with Crippen LogP contribution in [0.3, 0.4) is 0 Å². The lowest BCUT2D eigenvalue weighted by Crippen LogP contribution is -2.31. The summed E-state index contributed by atoms with van der Waals surface area (Å²) in [6.07, 6.45) is 0. The van der Waals surface area contributed by atoms with Crippen molar-refractivity contribution in [3.63, 3.8) is 0 Å². The third-order valence-corrected chi connectivity index (χ3v) is 3.30. The number of rotatable bonds is 3. The Labute approximate surface area is 93.1 Å². The summed E-state index contributed by atoms with van der Waals surface area (Å²) in [5, 5.41) is 14.7. The van der Waals surface area contributed by atoms with Crippen LogP contribution >= 0.6 is 27.3 Å². The number of amides is 1. The maximum Gasteiger partial charge on any atom is 0.330 e. The Hall–Kier alpha value is -0.880. The van der Waals surface area contributed by atoms with Gasteiger partial charge in [-0.3, -0.25) is 4.79 Å². The van der Waals surface area contributed by atoms with E-state index in [-0.39, 0.29) is 5.91 Å². The molecule has 0 aliphatic rings. The van der Waals surface area contributed by atoms with E-state index in [1.54, 1.807) is 10.8 Å². The van der Waals surface area contributed by atoms with Crippen LogP contribution in [0.5, 0.6) is 0 Å². The molecule has 1 atom stereocenters. The summed E-state index contributed by atoms with van der Waals surface area (Å²) in [7, 11) is 0. The fraction of sp³-hybridized carbons (Fsp3) is 0.250. The molecule has 1 aromatic rings. The Morgan fingerprint density at radius 3 is 2.57 bits per heavy atom. The fourth-order valence-electron chi connectivity index (χ4n) is 0.973. The highest BCUT2D eigenvalue weighted by Crippen LogP contribution is 2.27. The average molecular weight is 278 g/mol. The first-order valence-corrected chi connectivity index (χ1v) is 5.47. The van der Waals surface area contributed by atoms with Crippen molar-refractivity contribution in [2.45, 2.75) is 13.0 Å². The smallest absolute Gasteiger partial charge is 0.330 e. The fourth-order valence-corrected chi connectivity index (χ4v) is 2.53. The number of hydrogen-bond donors (Lipinski definition) is 2. The molecule has 14 heavy (non-hydrogen) atoms. The molecule has 0 radical (unpaired) electrons. The Morgan fingerprint density at radius 2 is 2.21 bits per heavy atom. The summed E-state index contributed by atoms with van der Waals surface area (Å²) in [6, 6.07) is -0.979. The number of thiophene rings is 1. The van der Waals surface area contributed by atoms with Crippen molar-refractivity contribution in [2.24, 2.45) is 0 Å². The highest BCUT2D eigenvalue weighted by atomic mass is 79.9. The van der Waals surface area contributed by atoms with Crippen molar-refractivity contribution >= 4 is 39.1 Å². The number of nitrogens with one attached hydrogen (secondary N) is 1. The van der Waals surface area contributed by atoms with Gasteiger partial charge in [0.1, 0.15) is 0 Å². The van der Waals surface area contributed by atoms with E-state index in [2.05, 4.69) is 21.2 Å². The SMILES string of the molecule is CC(=O)NC(C(=O)O)c1cscc1Br. The standard InChI is InChI=1S/C8H8BrNO3S/c1-4(11)10-7(8(12)13)5-2-14-3-6(5)9/h2-3,7H,1H3,(H,10,11)(H,12,13). The van der Waals surface area contributed by atoms with Crippen molar-refractivity contribution in [3.05, 3.63) is 20.8 Å². The first-order valence-electron chi connectivity index (χ1n) is 3.74. The molecule has 76 valence electrons. The molecule has 0 aromatic carbocycles. The van der Waals surface area contributed by atoms with E-state index in [1.807, 2.05) is 0 Å². The van der Waals surface area contributed by atoms with Crippen LogP contribution in [0, 0.1) is 0 Å². The van der Waals surface area contributed by atoms with Crippen LogP contribution < -0.4 is 5.32 Å². The summed E-state index contributed by atoms with van der Waals surface area (Å²) in [5.74, 6) is -1.44. The highest BCUT2D eigenvalue weighted by molar-refractivity contribution is 9.10. The van der Waals surface area contributed by atoms with Gasteiger partial charge in [0, 0.05) is 22.3 Å². The van der Waals surface area contributed by atoms with Crippen LogP contribution in [-0.2, 0) is 9.59 Å². The van der Waals surface area contributed by atoms with Crippen LogP contribution in [0.15, 0.2) is 15.2 Å². The number of carbonyl (C=O) groups is 2. The Kier molecular flexibility index (Phi) is 3.65. The quantitative estimate of drug-likeness (QED) is 0.885. The molecule has 0 bridgehead atoms. The Bertz CT molecular complexity index is 363. The van der Waals surface area contributed by atoms with Crippen molar-refractivity contribution < 1.29 is 14.7 Å². The van der Waals surface area contributed by atoms with Gasteiger partial charge in [-0.05, 0) is 21.3 Å². The van der Waals surface area contributed by atoms with Gasteiger partial charge in [0.05, 0.1) is 0 Å². The third-order valence-electron chi connectivity index (χ3n) is 1.55. The number of carboxylic acid groups (broad SMARTS) is 1. The second kappa shape index (κ2) is 4.56.